The number of nitrogens with one attached hydrogen (secondary N) is 1. The minimum absolute atomic E-state index is 0.684. The van der Waals surface area contributed by atoms with E-state index >= 15 is 0 Å². The summed E-state index contributed by atoms with van der Waals surface area (Å²) in [6.07, 6.45) is 0.956. The van der Waals surface area contributed by atoms with E-state index in [1.54, 1.807) is 7.11 Å². The van der Waals surface area contributed by atoms with Gasteiger partial charge in [0.05, 0.1) is 18.1 Å². The summed E-state index contributed by atoms with van der Waals surface area (Å²) in [7, 11) is 1.69. The zero-order valence-corrected chi connectivity index (χ0v) is 12.9. The van der Waals surface area contributed by atoms with Gasteiger partial charge in [-0.15, -0.1) is 0 Å². The number of hydrogen-bond donors (Lipinski definition) is 1. The minimum Gasteiger partial charge on any atom is -0.497 e. The highest BCUT2D eigenvalue weighted by molar-refractivity contribution is 5.77. The molecular formula is C16H25N3O. The van der Waals surface area contributed by atoms with Crippen molar-refractivity contribution in [2.24, 2.45) is 5.92 Å². The van der Waals surface area contributed by atoms with Crippen LogP contribution in [-0.2, 0) is 13.0 Å². The highest BCUT2D eigenvalue weighted by atomic mass is 16.5. The number of aryl methyl sites for hydroxylation is 1. The van der Waals surface area contributed by atoms with Crippen molar-refractivity contribution < 1.29 is 4.74 Å². The standard InChI is InChI=1S/C16H25N3O/c1-5-19-15-7-6-13(20-4)10-14(15)18-16(19)8-9-17-11-12(2)3/h6-7,10,12,17H,5,8-9,11H2,1-4H3. The van der Waals surface area contributed by atoms with Crippen molar-refractivity contribution in [1.29, 1.82) is 0 Å². The first-order chi connectivity index (χ1) is 9.65. The predicted molar refractivity (Wildman–Crippen MR) is 83.4 cm³/mol. The number of fused-ring (bicyclic) bond motifs is 1. The van der Waals surface area contributed by atoms with Crippen molar-refractivity contribution in [3.63, 3.8) is 0 Å². The van der Waals surface area contributed by atoms with Crippen molar-refractivity contribution in [2.75, 3.05) is 20.2 Å². The third-order valence-corrected chi connectivity index (χ3v) is 3.43. The molecule has 4 nitrogen and oxygen atoms in total. The van der Waals surface area contributed by atoms with Gasteiger partial charge in [0.25, 0.3) is 0 Å². The predicted octanol–water partition coefficient (Wildman–Crippen LogP) is 2.85. The Bertz CT molecular complexity index is 560. The number of aromatic nitrogens is 2. The molecule has 1 aromatic carbocycles. The topological polar surface area (TPSA) is 39.1 Å². The molecular weight excluding hydrogens is 250 g/mol. The molecule has 1 heterocycles. The monoisotopic (exact) mass is 275 g/mol. The van der Waals surface area contributed by atoms with Crippen LogP contribution in [0, 0.1) is 5.92 Å². The number of imidazole rings is 1. The second-order valence-corrected chi connectivity index (χ2v) is 5.47. The lowest BCUT2D eigenvalue weighted by atomic mass is 10.2. The minimum atomic E-state index is 0.684. The Labute approximate surface area is 121 Å². The average Bonchev–Trinajstić information content (AvgIpc) is 2.79. The summed E-state index contributed by atoms with van der Waals surface area (Å²) in [5.74, 6) is 2.69. The SMILES string of the molecule is CCn1c(CCNCC(C)C)nc2cc(OC)ccc21. The second-order valence-electron chi connectivity index (χ2n) is 5.47. The Hall–Kier alpha value is -1.55. The van der Waals surface area contributed by atoms with Gasteiger partial charge in [-0.25, -0.2) is 4.98 Å². The lowest BCUT2D eigenvalue weighted by Crippen LogP contribution is -2.23. The zero-order chi connectivity index (χ0) is 14.5. The fourth-order valence-electron chi connectivity index (χ4n) is 2.42. The summed E-state index contributed by atoms with van der Waals surface area (Å²) in [5, 5.41) is 3.47. The summed E-state index contributed by atoms with van der Waals surface area (Å²) < 4.78 is 7.55. The van der Waals surface area contributed by atoms with Crippen molar-refractivity contribution in [1.82, 2.24) is 14.9 Å². The lowest BCUT2D eigenvalue weighted by Gasteiger charge is -2.08. The van der Waals surface area contributed by atoms with Gasteiger partial charge in [-0.2, -0.15) is 0 Å². The molecule has 4 heteroatoms. The molecule has 0 radical (unpaired) electrons. The number of benzene rings is 1. The molecule has 1 aromatic heterocycles. The molecule has 0 bridgehead atoms. The second kappa shape index (κ2) is 6.75. The Balaban J connectivity index is 2.15. The van der Waals surface area contributed by atoms with E-state index < -0.39 is 0 Å². The normalized spacial score (nSPS) is 11.4. The van der Waals surface area contributed by atoms with E-state index in [4.69, 9.17) is 9.72 Å². The number of ether oxygens (including phenoxy) is 1. The van der Waals surface area contributed by atoms with Crippen molar-refractivity contribution in [3.05, 3.63) is 24.0 Å². The molecule has 0 saturated heterocycles. The quantitative estimate of drug-likeness (QED) is 0.790. The molecule has 20 heavy (non-hydrogen) atoms. The first-order valence-electron chi connectivity index (χ1n) is 7.39. The highest BCUT2D eigenvalue weighted by Gasteiger charge is 2.10. The van der Waals surface area contributed by atoms with E-state index in [0.717, 1.165) is 43.1 Å². The first-order valence-corrected chi connectivity index (χ1v) is 7.39. The Morgan fingerprint density at radius 3 is 2.80 bits per heavy atom. The van der Waals surface area contributed by atoms with E-state index in [9.17, 15) is 0 Å². The van der Waals surface area contributed by atoms with Crippen LogP contribution in [0.1, 0.15) is 26.6 Å². The zero-order valence-electron chi connectivity index (χ0n) is 12.9. The van der Waals surface area contributed by atoms with Gasteiger partial charge in [-0.05, 0) is 31.5 Å². The number of rotatable bonds is 7. The van der Waals surface area contributed by atoms with Gasteiger partial charge in [-0.1, -0.05) is 13.8 Å². The van der Waals surface area contributed by atoms with E-state index in [1.165, 1.54) is 5.52 Å². The third-order valence-electron chi connectivity index (χ3n) is 3.43. The van der Waals surface area contributed by atoms with Crippen LogP contribution < -0.4 is 10.1 Å². The van der Waals surface area contributed by atoms with Crippen LogP contribution in [0.4, 0.5) is 0 Å². The highest BCUT2D eigenvalue weighted by Crippen LogP contribution is 2.21. The summed E-state index contributed by atoms with van der Waals surface area (Å²) in [5.41, 5.74) is 2.21. The molecule has 0 aliphatic heterocycles. The molecule has 2 aromatic rings. The van der Waals surface area contributed by atoms with Crippen LogP contribution in [0.25, 0.3) is 11.0 Å². The Kier molecular flexibility index (Phi) is 5.01. The molecule has 0 saturated carbocycles. The van der Waals surface area contributed by atoms with Gasteiger partial charge in [0, 0.05) is 25.6 Å². The molecule has 0 unspecified atom stereocenters. The Morgan fingerprint density at radius 1 is 1.35 bits per heavy atom. The van der Waals surface area contributed by atoms with Gasteiger partial charge in [0.2, 0.25) is 0 Å². The fraction of sp³-hybridized carbons (Fsp3) is 0.562. The number of hydrogen-bond acceptors (Lipinski definition) is 3. The van der Waals surface area contributed by atoms with Crippen molar-refractivity contribution in [3.8, 4) is 5.75 Å². The van der Waals surface area contributed by atoms with Gasteiger partial charge in [-0.3, -0.25) is 0 Å². The maximum Gasteiger partial charge on any atom is 0.121 e. The largest absolute Gasteiger partial charge is 0.497 e. The van der Waals surface area contributed by atoms with Crippen LogP contribution in [0.5, 0.6) is 5.75 Å². The molecule has 0 fully saturated rings. The number of nitrogens with zero attached hydrogens (tertiary/aromatic N) is 2. The van der Waals surface area contributed by atoms with E-state index in [1.807, 2.05) is 12.1 Å². The molecule has 0 aliphatic carbocycles. The smallest absolute Gasteiger partial charge is 0.121 e. The van der Waals surface area contributed by atoms with Gasteiger partial charge < -0.3 is 14.6 Å². The van der Waals surface area contributed by atoms with Gasteiger partial charge >= 0.3 is 0 Å². The maximum absolute atomic E-state index is 5.27. The van der Waals surface area contributed by atoms with Crippen LogP contribution in [-0.4, -0.2) is 29.8 Å². The van der Waals surface area contributed by atoms with E-state index in [0.29, 0.717) is 5.92 Å². The molecule has 1 N–H and O–H groups in total. The molecule has 0 aliphatic rings. The summed E-state index contributed by atoms with van der Waals surface area (Å²) in [6.45, 7) is 9.58. The average molecular weight is 275 g/mol. The van der Waals surface area contributed by atoms with E-state index in [-0.39, 0.29) is 0 Å². The molecule has 0 atom stereocenters. The van der Waals surface area contributed by atoms with Crippen LogP contribution in [0.2, 0.25) is 0 Å². The number of methoxy groups -OCH3 is 1. The van der Waals surface area contributed by atoms with Crippen LogP contribution >= 0.6 is 0 Å². The molecule has 2 rings (SSSR count). The maximum atomic E-state index is 5.27. The van der Waals surface area contributed by atoms with Crippen LogP contribution in [0.15, 0.2) is 18.2 Å². The molecule has 0 amide bonds. The van der Waals surface area contributed by atoms with Crippen molar-refractivity contribution in [2.45, 2.75) is 33.7 Å². The summed E-state index contributed by atoms with van der Waals surface area (Å²) >= 11 is 0. The Morgan fingerprint density at radius 2 is 2.15 bits per heavy atom. The van der Waals surface area contributed by atoms with Crippen LogP contribution in [0.3, 0.4) is 0 Å². The summed E-state index contributed by atoms with van der Waals surface area (Å²) in [4.78, 5) is 4.75. The molecule has 110 valence electrons. The van der Waals surface area contributed by atoms with E-state index in [2.05, 4.69) is 36.7 Å². The van der Waals surface area contributed by atoms with Crippen molar-refractivity contribution >= 4 is 11.0 Å². The third kappa shape index (κ3) is 3.31. The molecule has 0 spiro atoms. The lowest BCUT2D eigenvalue weighted by molar-refractivity contribution is 0.415. The van der Waals surface area contributed by atoms with Gasteiger partial charge in [0.15, 0.2) is 0 Å². The fourth-order valence-corrected chi connectivity index (χ4v) is 2.42. The summed E-state index contributed by atoms with van der Waals surface area (Å²) in [6, 6.07) is 6.10. The first kappa shape index (κ1) is 14.9. The van der Waals surface area contributed by atoms with Gasteiger partial charge in [0.1, 0.15) is 11.6 Å².